The summed E-state index contributed by atoms with van der Waals surface area (Å²) in [6.07, 6.45) is 1.72. The molecule has 0 amide bonds. The van der Waals surface area contributed by atoms with E-state index in [2.05, 4.69) is 38.4 Å². The van der Waals surface area contributed by atoms with Gasteiger partial charge in [-0.05, 0) is 53.3 Å². The molecule has 0 aliphatic carbocycles. The second kappa shape index (κ2) is 10.6. The van der Waals surface area contributed by atoms with Crippen molar-refractivity contribution in [3.8, 4) is 0 Å². The molecule has 0 spiro atoms. The molecule has 0 saturated heterocycles. The van der Waals surface area contributed by atoms with Crippen molar-refractivity contribution in [2.45, 2.75) is 52.7 Å². The van der Waals surface area contributed by atoms with Gasteiger partial charge in [-0.25, -0.2) is 4.68 Å². The maximum Gasteiger partial charge on any atom is 0.252 e. The Kier molecular flexibility index (Phi) is 7.89. The molecule has 0 aliphatic heterocycles. The molecule has 3 aromatic rings. The van der Waals surface area contributed by atoms with Crippen LogP contribution in [0, 0.1) is 13.8 Å². The number of H-pyrrole nitrogens is 1. The highest BCUT2D eigenvalue weighted by atomic mass is 16.5. The van der Waals surface area contributed by atoms with Gasteiger partial charge in [0.2, 0.25) is 0 Å². The second-order valence-electron chi connectivity index (χ2n) is 7.85. The third-order valence-electron chi connectivity index (χ3n) is 5.76. The van der Waals surface area contributed by atoms with Gasteiger partial charge in [-0.2, -0.15) is 0 Å². The van der Waals surface area contributed by atoms with Crippen LogP contribution in [0.5, 0.6) is 0 Å². The Morgan fingerprint density at radius 1 is 1.32 bits per heavy atom. The Labute approximate surface area is 182 Å². The van der Waals surface area contributed by atoms with Crippen LogP contribution in [-0.2, 0) is 17.8 Å². The minimum atomic E-state index is -0.126. The summed E-state index contributed by atoms with van der Waals surface area (Å²) in [4.78, 5) is 18.0. The van der Waals surface area contributed by atoms with Gasteiger partial charge in [0.05, 0.1) is 31.3 Å². The van der Waals surface area contributed by atoms with Crippen molar-refractivity contribution in [2.24, 2.45) is 0 Å². The molecule has 0 unspecified atom stereocenters. The Hall–Kier alpha value is -2.62. The number of aromatic nitrogens is 5. The Balaban J connectivity index is 1.97. The first kappa shape index (κ1) is 23.1. The predicted octanol–water partition coefficient (Wildman–Crippen LogP) is 2.11. The lowest BCUT2D eigenvalue weighted by Gasteiger charge is -2.30. The molecule has 168 valence electrons. The average molecular weight is 429 g/mol. The molecule has 31 heavy (non-hydrogen) atoms. The zero-order valence-corrected chi connectivity index (χ0v) is 18.8. The lowest BCUT2D eigenvalue weighted by atomic mass is 10.0. The molecular weight excluding hydrogens is 396 g/mol. The SMILES string of the molecule is CCC[C@@H](c1nnnn1CCOC)N(CCO)Cc1cc2ccc(C)c(C)c2[nH]c1=O. The van der Waals surface area contributed by atoms with Gasteiger partial charge >= 0.3 is 0 Å². The van der Waals surface area contributed by atoms with Crippen molar-refractivity contribution in [1.29, 1.82) is 0 Å². The highest BCUT2D eigenvalue weighted by molar-refractivity contribution is 5.83. The van der Waals surface area contributed by atoms with E-state index in [4.69, 9.17) is 4.74 Å². The Morgan fingerprint density at radius 2 is 2.13 bits per heavy atom. The van der Waals surface area contributed by atoms with E-state index in [0.29, 0.717) is 31.8 Å². The van der Waals surface area contributed by atoms with E-state index >= 15 is 0 Å². The van der Waals surface area contributed by atoms with Crippen LogP contribution in [-0.4, -0.2) is 62.1 Å². The quantitative estimate of drug-likeness (QED) is 0.481. The standard InChI is InChI=1S/C22H32N6O3/c1-5-6-19(21-24-25-26-28(21)10-12-31-4)27(9-11-29)14-18-13-17-8-7-15(2)16(3)20(17)23-22(18)30/h7-8,13,19,29H,5-6,9-12,14H2,1-4H3,(H,23,30)/t19-/m0/s1. The van der Waals surface area contributed by atoms with Crippen LogP contribution < -0.4 is 5.56 Å². The molecule has 2 N–H and O–H groups in total. The zero-order valence-electron chi connectivity index (χ0n) is 18.8. The number of pyridine rings is 1. The highest BCUT2D eigenvalue weighted by Gasteiger charge is 2.26. The monoisotopic (exact) mass is 428 g/mol. The number of aryl methyl sites for hydroxylation is 2. The second-order valence-corrected chi connectivity index (χ2v) is 7.85. The number of aliphatic hydroxyl groups is 1. The van der Waals surface area contributed by atoms with Crippen molar-refractivity contribution in [3.05, 3.63) is 51.1 Å². The number of nitrogens with one attached hydrogen (secondary N) is 1. The topological polar surface area (TPSA) is 109 Å². The Bertz CT molecular complexity index is 1060. The molecular formula is C22H32N6O3. The van der Waals surface area contributed by atoms with Crippen LogP contribution in [0.1, 0.15) is 48.3 Å². The fourth-order valence-corrected chi connectivity index (χ4v) is 3.92. The molecule has 2 heterocycles. The number of methoxy groups -OCH3 is 1. The summed E-state index contributed by atoms with van der Waals surface area (Å²) >= 11 is 0. The summed E-state index contributed by atoms with van der Waals surface area (Å²) in [5, 5.41) is 23.0. The number of nitrogens with zero attached hydrogens (tertiary/aromatic N) is 5. The van der Waals surface area contributed by atoms with Crippen molar-refractivity contribution < 1.29 is 9.84 Å². The first-order valence-corrected chi connectivity index (χ1v) is 10.7. The summed E-state index contributed by atoms with van der Waals surface area (Å²) < 4.78 is 6.91. The minimum Gasteiger partial charge on any atom is -0.395 e. The van der Waals surface area contributed by atoms with Gasteiger partial charge in [-0.3, -0.25) is 9.69 Å². The van der Waals surface area contributed by atoms with Crippen molar-refractivity contribution in [3.63, 3.8) is 0 Å². The largest absolute Gasteiger partial charge is 0.395 e. The number of aromatic amines is 1. The van der Waals surface area contributed by atoms with Crippen LogP contribution in [0.15, 0.2) is 23.0 Å². The number of benzene rings is 1. The van der Waals surface area contributed by atoms with Crippen molar-refractivity contribution in [2.75, 3.05) is 26.9 Å². The fourth-order valence-electron chi connectivity index (χ4n) is 3.92. The lowest BCUT2D eigenvalue weighted by Crippen LogP contribution is -2.35. The normalized spacial score (nSPS) is 12.7. The van der Waals surface area contributed by atoms with E-state index in [-0.39, 0.29) is 18.2 Å². The molecule has 1 aromatic carbocycles. The molecule has 0 aliphatic rings. The molecule has 2 aromatic heterocycles. The number of tetrazole rings is 1. The third kappa shape index (κ3) is 5.17. The molecule has 0 bridgehead atoms. The van der Waals surface area contributed by atoms with Gasteiger partial charge < -0.3 is 14.8 Å². The number of ether oxygens (including phenoxy) is 1. The van der Waals surface area contributed by atoms with Gasteiger partial charge in [0.15, 0.2) is 5.82 Å². The van der Waals surface area contributed by atoms with Crippen molar-refractivity contribution >= 4 is 10.9 Å². The molecule has 0 fully saturated rings. The summed E-state index contributed by atoms with van der Waals surface area (Å²) in [5.74, 6) is 0.719. The summed E-state index contributed by atoms with van der Waals surface area (Å²) in [6, 6.07) is 5.91. The van der Waals surface area contributed by atoms with E-state index in [1.165, 1.54) is 0 Å². The van der Waals surface area contributed by atoms with Crippen LogP contribution in [0.25, 0.3) is 10.9 Å². The van der Waals surface area contributed by atoms with Gasteiger partial charge in [0.1, 0.15) is 0 Å². The summed E-state index contributed by atoms with van der Waals surface area (Å²) in [7, 11) is 1.64. The Morgan fingerprint density at radius 3 is 2.84 bits per heavy atom. The number of rotatable bonds is 11. The molecule has 3 rings (SSSR count). The predicted molar refractivity (Wildman–Crippen MR) is 119 cm³/mol. The number of hydrogen-bond acceptors (Lipinski definition) is 7. The van der Waals surface area contributed by atoms with Gasteiger partial charge in [0, 0.05) is 25.8 Å². The minimum absolute atomic E-state index is 0.0242. The van der Waals surface area contributed by atoms with E-state index in [0.717, 1.165) is 40.7 Å². The van der Waals surface area contributed by atoms with Crippen molar-refractivity contribution in [1.82, 2.24) is 30.1 Å². The maximum atomic E-state index is 12.9. The first-order valence-electron chi connectivity index (χ1n) is 10.7. The van der Waals surface area contributed by atoms with E-state index in [1.54, 1.807) is 11.8 Å². The number of hydrogen-bond donors (Lipinski definition) is 2. The van der Waals surface area contributed by atoms with Crippen LogP contribution in [0.4, 0.5) is 0 Å². The number of fused-ring (bicyclic) bond motifs is 1. The smallest absolute Gasteiger partial charge is 0.252 e. The maximum absolute atomic E-state index is 12.9. The molecule has 0 saturated carbocycles. The summed E-state index contributed by atoms with van der Waals surface area (Å²) in [6.45, 7) is 7.97. The van der Waals surface area contributed by atoms with Gasteiger partial charge in [0.25, 0.3) is 5.56 Å². The van der Waals surface area contributed by atoms with Crippen LogP contribution in [0.3, 0.4) is 0 Å². The van der Waals surface area contributed by atoms with Gasteiger partial charge in [-0.1, -0.05) is 25.5 Å². The van der Waals surface area contributed by atoms with Crippen LogP contribution >= 0.6 is 0 Å². The molecule has 9 heteroatoms. The number of aliphatic hydroxyl groups excluding tert-OH is 1. The first-order chi connectivity index (χ1) is 15.0. The molecule has 1 atom stereocenters. The lowest BCUT2D eigenvalue weighted by molar-refractivity contribution is 0.124. The zero-order chi connectivity index (χ0) is 22.4. The van der Waals surface area contributed by atoms with E-state index in [1.807, 2.05) is 26.0 Å². The highest BCUT2D eigenvalue weighted by Crippen LogP contribution is 2.26. The third-order valence-corrected chi connectivity index (χ3v) is 5.76. The molecule has 9 nitrogen and oxygen atoms in total. The van der Waals surface area contributed by atoms with Gasteiger partial charge in [-0.15, -0.1) is 5.10 Å². The average Bonchev–Trinajstić information content (AvgIpc) is 3.22. The van der Waals surface area contributed by atoms with E-state index in [9.17, 15) is 9.90 Å². The van der Waals surface area contributed by atoms with E-state index < -0.39 is 0 Å². The summed E-state index contributed by atoms with van der Waals surface area (Å²) in [5.41, 5.74) is 3.63. The van der Waals surface area contributed by atoms with Crippen LogP contribution in [0.2, 0.25) is 0 Å². The fraction of sp³-hybridized carbons (Fsp3) is 0.545. The molecule has 0 radical (unpaired) electrons.